The third-order valence-electron chi connectivity index (χ3n) is 7.97. The average molecular weight is 647 g/mol. The maximum atomic E-state index is 13.4. The number of carbonyl (C=O) groups is 1. The fraction of sp³-hybridized carbons (Fsp3) is 0.941. The molecule has 0 aliphatic heterocycles. The molecule has 0 aromatic heterocycles. The maximum Gasteiger partial charge on any atom is 0.532 e. The molecule has 0 fully saturated rings. The molecule has 262 valence electrons. The Labute approximate surface area is 271 Å². The number of aliphatic imine (C=N–C) groups is 1. The topological polar surface area (TPSA) is 152 Å². The highest BCUT2D eigenvalue weighted by molar-refractivity contribution is 7.49. The predicted molar refractivity (Wildman–Crippen MR) is 186 cm³/mol. The van der Waals surface area contributed by atoms with Gasteiger partial charge in [0.25, 0.3) is 0 Å². The number of nitrogens with two attached hydrogens (primary N) is 3. The molecule has 0 heterocycles. The molecule has 44 heavy (non-hydrogen) atoms. The van der Waals surface area contributed by atoms with E-state index in [0.29, 0.717) is 19.4 Å². The molecular formula is C34H71N4O5P. The monoisotopic (exact) mass is 647 g/mol. The van der Waals surface area contributed by atoms with Crippen LogP contribution in [0.1, 0.15) is 181 Å². The van der Waals surface area contributed by atoms with Gasteiger partial charge in [-0.25, -0.2) is 9.36 Å². The quantitative estimate of drug-likeness (QED) is 0.0270. The Morgan fingerprint density at radius 3 is 1.27 bits per heavy atom. The summed E-state index contributed by atoms with van der Waals surface area (Å²) >= 11 is 0. The molecule has 0 saturated carbocycles. The molecular weight excluding hydrogens is 575 g/mol. The van der Waals surface area contributed by atoms with E-state index in [1.54, 1.807) is 0 Å². The summed E-state index contributed by atoms with van der Waals surface area (Å²) in [5.74, 6) is -0.800. The van der Waals surface area contributed by atoms with Gasteiger partial charge in [0.15, 0.2) is 5.96 Å². The Morgan fingerprint density at radius 2 is 0.932 bits per heavy atom. The minimum atomic E-state index is -4.05. The van der Waals surface area contributed by atoms with Gasteiger partial charge in [0, 0.05) is 6.54 Å². The highest BCUT2D eigenvalue weighted by Gasteiger charge is 2.33. The molecule has 0 unspecified atom stereocenters. The van der Waals surface area contributed by atoms with Gasteiger partial charge in [-0.3, -0.25) is 14.0 Å². The van der Waals surface area contributed by atoms with Crippen LogP contribution >= 0.6 is 7.82 Å². The molecule has 0 amide bonds. The Bertz CT molecular complexity index is 688. The van der Waals surface area contributed by atoms with Crippen molar-refractivity contribution in [1.82, 2.24) is 0 Å². The van der Waals surface area contributed by atoms with Crippen molar-refractivity contribution in [2.24, 2.45) is 22.2 Å². The normalized spacial score (nSPS) is 12.3. The zero-order valence-corrected chi connectivity index (χ0v) is 29.6. The van der Waals surface area contributed by atoms with Crippen LogP contribution in [0.5, 0.6) is 0 Å². The second-order valence-electron chi connectivity index (χ2n) is 12.4. The average Bonchev–Trinajstić information content (AvgIpc) is 2.99. The number of nitrogens with zero attached hydrogens (tertiary/aromatic N) is 1. The van der Waals surface area contributed by atoms with E-state index >= 15 is 0 Å². The van der Waals surface area contributed by atoms with Crippen LogP contribution in [0.2, 0.25) is 0 Å². The second kappa shape index (κ2) is 31.8. The first-order chi connectivity index (χ1) is 21.3. The third-order valence-corrected chi connectivity index (χ3v) is 9.37. The fourth-order valence-electron chi connectivity index (χ4n) is 5.14. The van der Waals surface area contributed by atoms with Crippen LogP contribution in [0.15, 0.2) is 4.99 Å². The van der Waals surface area contributed by atoms with E-state index in [9.17, 15) is 9.36 Å². The number of rotatable bonds is 34. The van der Waals surface area contributed by atoms with Gasteiger partial charge in [-0.2, -0.15) is 0 Å². The van der Waals surface area contributed by atoms with Crippen molar-refractivity contribution in [3.8, 4) is 0 Å². The first-order valence-corrected chi connectivity index (χ1v) is 19.7. The van der Waals surface area contributed by atoms with Crippen molar-refractivity contribution >= 4 is 19.8 Å². The van der Waals surface area contributed by atoms with E-state index in [2.05, 4.69) is 18.8 Å². The smallest absolute Gasteiger partial charge is 0.370 e. The maximum absolute atomic E-state index is 13.4. The minimum absolute atomic E-state index is 0.0111. The summed E-state index contributed by atoms with van der Waals surface area (Å²) in [7, 11) is -4.05. The van der Waals surface area contributed by atoms with Crippen molar-refractivity contribution in [3.05, 3.63) is 0 Å². The van der Waals surface area contributed by atoms with Crippen LogP contribution in [0.25, 0.3) is 0 Å². The molecule has 0 spiro atoms. The minimum Gasteiger partial charge on any atom is -0.370 e. The van der Waals surface area contributed by atoms with Gasteiger partial charge >= 0.3 is 13.8 Å². The van der Waals surface area contributed by atoms with E-state index in [4.69, 9.17) is 30.8 Å². The first-order valence-electron chi connectivity index (χ1n) is 18.3. The van der Waals surface area contributed by atoms with Gasteiger partial charge < -0.3 is 21.7 Å². The Hall–Kier alpha value is -1.15. The number of unbranched alkanes of at least 4 members (excludes halogenated alkanes) is 22. The first kappa shape index (κ1) is 42.9. The van der Waals surface area contributed by atoms with Gasteiger partial charge in [-0.05, 0) is 25.7 Å². The largest absolute Gasteiger partial charge is 0.532 e. The van der Waals surface area contributed by atoms with E-state index in [1.807, 2.05) is 0 Å². The molecule has 0 aliphatic carbocycles. The second-order valence-corrected chi connectivity index (χ2v) is 14.0. The fourth-order valence-corrected chi connectivity index (χ4v) is 6.39. The highest BCUT2D eigenvalue weighted by Crippen LogP contribution is 2.50. The summed E-state index contributed by atoms with van der Waals surface area (Å²) in [5, 5.41) is 0. The van der Waals surface area contributed by atoms with Gasteiger partial charge in [-0.15, -0.1) is 0 Å². The molecule has 1 atom stereocenters. The Kier molecular flexibility index (Phi) is 31.0. The van der Waals surface area contributed by atoms with E-state index in [-0.39, 0.29) is 19.2 Å². The Morgan fingerprint density at radius 1 is 0.591 bits per heavy atom. The molecule has 0 rings (SSSR count). The zero-order valence-electron chi connectivity index (χ0n) is 28.8. The summed E-state index contributed by atoms with van der Waals surface area (Å²) in [6.45, 7) is 5.30. The van der Waals surface area contributed by atoms with Gasteiger partial charge in [-0.1, -0.05) is 155 Å². The van der Waals surface area contributed by atoms with Crippen LogP contribution in [0, 0.1) is 0 Å². The Balaban J connectivity index is 4.33. The van der Waals surface area contributed by atoms with Gasteiger partial charge in [0.1, 0.15) is 6.04 Å². The van der Waals surface area contributed by atoms with Crippen LogP contribution in [-0.2, 0) is 22.9 Å². The van der Waals surface area contributed by atoms with E-state index in [1.165, 1.54) is 116 Å². The SMILES string of the molecule is CCCCCCCCCCCCCCOP(=O)(OCCCCCCCCCCCCCC)OC(=O)[C@@H](N)CCCN=C(N)N. The van der Waals surface area contributed by atoms with E-state index < -0.39 is 19.8 Å². The lowest BCUT2D eigenvalue weighted by atomic mass is 10.1. The molecule has 0 aromatic rings. The van der Waals surface area contributed by atoms with Crippen molar-refractivity contribution in [2.75, 3.05) is 19.8 Å². The van der Waals surface area contributed by atoms with Crippen molar-refractivity contribution in [1.29, 1.82) is 0 Å². The van der Waals surface area contributed by atoms with Crippen LogP contribution in [0.4, 0.5) is 0 Å². The molecule has 0 radical (unpaired) electrons. The lowest BCUT2D eigenvalue weighted by Crippen LogP contribution is -2.32. The summed E-state index contributed by atoms with van der Waals surface area (Å²) in [4.78, 5) is 16.5. The number of phosphoric acid groups is 1. The third kappa shape index (κ3) is 29.6. The molecule has 0 bridgehead atoms. The number of guanidine groups is 1. The number of phosphoric ester groups is 1. The summed E-state index contributed by atoms with van der Waals surface area (Å²) in [6, 6.07) is -0.956. The van der Waals surface area contributed by atoms with Crippen molar-refractivity contribution in [2.45, 2.75) is 187 Å². The van der Waals surface area contributed by atoms with Gasteiger partial charge in [0.05, 0.1) is 13.2 Å². The van der Waals surface area contributed by atoms with Crippen LogP contribution in [0.3, 0.4) is 0 Å². The lowest BCUT2D eigenvalue weighted by molar-refractivity contribution is -0.138. The molecule has 0 saturated heterocycles. The summed E-state index contributed by atoms with van der Waals surface area (Å²) in [6.07, 6.45) is 30.1. The van der Waals surface area contributed by atoms with Crippen molar-refractivity contribution < 1.29 is 22.9 Å². The van der Waals surface area contributed by atoms with Crippen LogP contribution < -0.4 is 17.2 Å². The summed E-state index contributed by atoms with van der Waals surface area (Å²) in [5.41, 5.74) is 16.6. The van der Waals surface area contributed by atoms with Crippen molar-refractivity contribution in [3.63, 3.8) is 0 Å². The lowest BCUT2D eigenvalue weighted by Gasteiger charge is -2.19. The van der Waals surface area contributed by atoms with Crippen LogP contribution in [-0.4, -0.2) is 37.7 Å². The molecule has 6 N–H and O–H groups in total. The molecule has 9 nitrogen and oxygen atoms in total. The standard InChI is InChI=1S/C34H71N4O5P/c1-3-5-7-9-11-13-15-17-19-21-23-25-30-41-44(40,43-33(39)32(35)28-27-29-38-34(36)37)42-31-26-24-22-20-18-16-14-12-10-8-6-4-2/h32H,3-31,35H2,1-2H3,(H4,36,37,38)/t32-/m0/s1. The predicted octanol–water partition coefficient (Wildman–Crippen LogP) is 9.45. The number of carbonyl (C=O) groups excluding carboxylic acids is 1. The number of hydrogen-bond donors (Lipinski definition) is 3. The van der Waals surface area contributed by atoms with E-state index in [0.717, 1.165) is 38.5 Å². The molecule has 0 aliphatic rings. The molecule has 0 aromatic carbocycles. The highest BCUT2D eigenvalue weighted by atomic mass is 31.2. The number of hydrogen-bond acceptors (Lipinski definition) is 7. The zero-order chi connectivity index (χ0) is 32.6. The molecule has 10 heteroatoms. The van der Waals surface area contributed by atoms with Gasteiger partial charge in [0.2, 0.25) is 0 Å². The summed E-state index contributed by atoms with van der Waals surface area (Å²) < 4.78 is 29.8.